The molecule has 0 radical (unpaired) electrons. The summed E-state index contributed by atoms with van der Waals surface area (Å²) in [5, 5.41) is 0. The summed E-state index contributed by atoms with van der Waals surface area (Å²) in [7, 11) is 1.27. The van der Waals surface area contributed by atoms with Crippen LogP contribution in [0.3, 0.4) is 0 Å². The minimum Gasteiger partial charge on any atom is -0.336 e. The van der Waals surface area contributed by atoms with Crippen LogP contribution >= 0.6 is 0 Å². The van der Waals surface area contributed by atoms with Crippen molar-refractivity contribution in [3.05, 3.63) is 35.1 Å². The van der Waals surface area contributed by atoms with Crippen LogP contribution in [-0.2, 0) is 0 Å². The highest BCUT2D eigenvalue weighted by atomic mass is 19.3. The first-order chi connectivity index (χ1) is 11.4. The number of hydrogen-bond acceptors (Lipinski definition) is 1. The maximum absolute atomic E-state index is 14.1. The molecule has 0 N–H and O–H groups in total. The zero-order valence-corrected chi connectivity index (χ0v) is 14.8. The van der Waals surface area contributed by atoms with E-state index >= 15 is 0 Å². The molecule has 0 saturated heterocycles. The summed E-state index contributed by atoms with van der Waals surface area (Å²) >= 11 is 0. The number of halogens is 3. The highest BCUT2D eigenvalue weighted by Crippen LogP contribution is 2.29. The lowest BCUT2D eigenvalue weighted by Gasteiger charge is -2.20. The fourth-order valence-corrected chi connectivity index (χ4v) is 2.83. The monoisotopic (exact) mass is 343 g/mol. The Morgan fingerprint density at radius 2 is 1.71 bits per heavy atom. The van der Waals surface area contributed by atoms with Crippen LogP contribution < -0.4 is 0 Å². The topological polar surface area (TPSA) is 20.3 Å². The van der Waals surface area contributed by atoms with Gasteiger partial charge in [-0.1, -0.05) is 45.6 Å². The van der Waals surface area contributed by atoms with E-state index in [1.54, 1.807) is 12.1 Å². The first-order valence-electron chi connectivity index (χ1n) is 8.73. The fraction of sp³-hybridized carbons (Fsp3) is 0.632. The Kier molecular flexibility index (Phi) is 8.87. The highest BCUT2D eigenvalue weighted by Gasteiger charge is 2.21. The molecule has 24 heavy (non-hydrogen) atoms. The molecule has 0 spiro atoms. The van der Waals surface area contributed by atoms with E-state index in [9.17, 15) is 18.0 Å². The molecular formula is C19H28F3NO. The normalized spacial score (nSPS) is 11.3. The van der Waals surface area contributed by atoms with Crippen LogP contribution in [0.15, 0.2) is 18.2 Å². The van der Waals surface area contributed by atoms with Crippen LogP contribution in [0.4, 0.5) is 13.2 Å². The Morgan fingerprint density at radius 3 is 2.21 bits per heavy atom. The second kappa shape index (κ2) is 10.4. The first-order valence-corrected chi connectivity index (χ1v) is 8.73. The minimum absolute atomic E-state index is 0.117. The van der Waals surface area contributed by atoms with E-state index in [-0.39, 0.29) is 11.5 Å². The summed E-state index contributed by atoms with van der Waals surface area (Å²) < 4.78 is 39.0. The molecule has 0 bridgehead atoms. The molecule has 0 fully saturated rings. The van der Waals surface area contributed by atoms with Gasteiger partial charge in [0, 0.05) is 7.05 Å². The van der Waals surface area contributed by atoms with Gasteiger partial charge in [0.05, 0.1) is 12.1 Å². The van der Waals surface area contributed by atoms with Crippen molar-refractivity contribution in [1.29, 1.82) is 0 Å². The van der Waals surface area contributed by atoms with Crippen LogP contribution in [0.2, 0.25) is 0 Å². The van der Waals surface area contributed by atoms with Crippen LogP contribution in [0, 0.1) is 5.82 Å². The van der Waals surface area contributed by atoms with Gasteiger partial charge < -0.3 is 4.90 Å². The molecule has 0 aliphatic heterocycles. The second-order valence-corrected chi connectivity index (χ2v) is 6.30. The summed E-state index contributed by atoms with van der Waals surface area (Å²) in [6.07, 6.45) is 3.64. The number of alkyl halides is 2. The van der Waals surface area contributed by atoms with E-state index in [1.807, 2.05) is 0 Å². The predicted octanol–water partition coefficient (Wildman–Crippen LogP) is 5.63. The van der Waals surface area contributed by atoms with Crippen molar-refractivity contribution in [3.8, 4) is 0 Å². The van der Waals surface area contributed by atoms with E-state index in [0.29, 0.717) is 0 Å². The highest BCUT2D eigenvalue weighted by molar-refractivity contribution is 5.94. The molecule has 0 saturated carbocycles. The lowest BCUT2D eigenvalue weighted by atomic mass is 9.88. The van der Waals surface area contributed by atoms with Gasteiger partial charge in [-0.05, 0) is 36.5 Å². The number of rotatable bonds is 10. The third kappa shape index (κ3) is 6.17. The Hall–Kier alpha value is -1.52. The number of amides is 1. The minimum atomic E-state index is -2.63. The quantitative estimate of drug-likeness (QED) is 0.539. The molecule has 0 aromatic heterocycles. The largest absolute Gasteiger partial charge is 0.336 e. The molecule has 1 amide bonds. The number of unbranched alkanes of at least 4 members (excludes halogenated alkanes) is 2. The van der Waals surface area contributed by atoms with Gasteiger partial charge >= 0.3 is 0 Å². The molecule has 1 aromatic carbocycles. The number of carbonyl (C=O) groups is 1. The van der Waals surface area contributed by atoms with Gasteiger partial charge in [0.2, 0.25) is 0 Å². The van der Waals surface area contributed by atoms with E-state index < -0.39 is 24.7 Å². The van der Waals surface area contributed by atoms with Crippen LogP contribution in [0.25, 0.3) is 0 Å². The molecule has 1 rings (SSSR count). The molecule has 0 unspecified atom stereocenters. The molecule has 1 aromatic rings. The van der Waals surface area contributed by atoms with Crippen molar-refractivity contribution >= 4 is 5.91 Å². The Bertz CT molecular complexity index is 511. The third-order valence-electron chi connectivity index (χ3n) is 4.26. The smallest absolute Gasteiger partial charge is 0.256 e. The van der Waals surface area contributed by atoms with E-state index in [4.69, 9.17) is 0 Å². The zero-order valence-electron chi connectivity index (χ0n) is 14.8. The van der Waals surface area contributed by atoms with E-state index in [2.05, 4.69) is 13.8 Å². The van der Waals surface area contributed by atoms with Crippen molar-refractivity contribution in [3.63, 3.8) is 0 Å². The van der Waals surface area contributed by atoms with Crippen molar-refractivity contribution in [2.45, 2.75) is 64.7 Å². The molecule has 2 nitrogen and oxygen atoms in total. The Morgan fingerprint density at radius 1 is 1.12 bits per heavy atom. The molecule has 0 aliphatic carbocycles. The third-order valence-corrected chi connectivity index (χ3v) is 4.26. The molecule has 0 aliphatic rings. The van der Waals surface area contributed by atoms with Crippen LogP contribution in [-0.4, -0.2) is 30.8 Å². The summed E-state index contributed by atoms with van der Waals surface area (Å²) in [4.78, 5) is 13.1. The Labute approximate surface area is 143 Å². The second-order valence-electron chi connectivity index (χ2n) is 6.30. The SMILES string of the molecule is CCCCC(CCCC)c1ccc(F)c(C(=O)N(C)CC(F)F)c1. The van der Waals surface area contributed by atoms with Crippen molar-refractivity contribution < 1.29 is 18.0 Å². The maximum Gasteiger partial charge on any atom is 0.256 e. The lowest BCUT2D eigenvalue weighted by molar-refractivity contribution is 0.0616. The number of nitrogens with zero attached hydrogens (tertiary/aromatic N) is 1. The number of carbonyl (C=O) groups excluding carboxylic acids is 1. The maximum atomic E-state index is 14.1. The van der Waals surface area contributed by atoms with Gasteiger partial charge in [0.1, 0.15) is 5.82 Å². The van der Waals surface area contributed by atoms with E-state index in [0.717, 1.165) is 49.0 Å². The predicted molar refractivity (Wildman–Crippen MR) is 91.2 cm³/mol. The number of hydrogen-bond donors (Lipinski definition) is 0. The summed E-state index contributed by atoms with van der Waals surface area (Å²) in [6, 6.07) is 4.55. The average molecular weight is 343 g/mol. The van der Waals surface area contributed by atoms with Crippen molar-refractivity contribution in [2.75, 3.05) is 13.6 Å². The lowest BCUT2D eigenvalue weighted by Crippen LogP contribution is -2.32. The fourth-order valence-electron chi connectivity index (χ4n) is 2.83. The van der Waals surface area contributed by atoms with Crippen molar-refractivity contribution in [2.24, 2.45) is 0 Å². The van der Waals surface area contributed by atoms with Gasteiger partial charge in [0.25, 0.3) is 12.3 Å². The number of benzene rings is 1. The summed E-state index contributed by atoms with van der Waals surface area (Å²) in [5.41, 5.74) is 0.806. The van der Waals surface area contributed by atoms with Crippen molar-refractivity contribution in [1.82, 2.24) is 4.90 Å². The summed E-state index contributed by atoms with van der Waals surface area (Å²) in [5.74, 6) is -1.08. The molecule has 136 valence electrons. The average Bonchev–Trinajstić information content (AvgIpc) is 2.54. The van der Waals surface area contributed by atoms with E-state index in [1.165, 1.54) is 13.1 Å². The molecule has 0 atom stereocenters. The van der Waals surface area contributed by atoms with Gasteiger partial charge in [0.15, 0.2) is 0 Å². The first kappa shape index (κ1) is 20.5. The van der Waals surface area contributed by atoms with Gasteiger partial charge in [-0.3, -0.25) is 4.79 Å². The van der Waals surface area contributed by atoms with Gasteiger partial charge in [-0.25, -0.2) is 13.2 Å². The van der Waals surface area contributed by atoms with Crippen LogP contribution in [0.5, 0.6) is 0 Å². The van der Waals surface area contributed by atoms with Crippen LogP contribution in [0.1, 0.15) is 74.2 Å². The Balaban J connectivity index is 3.02. The molecule has 0 heterocycles. The standard InChI is InChI=1S/C19H28F3NO/c1-4-6-8-14(9-7-5-2)15-10-11-17(20)16(12-15)19(24)23(3)13-18(21)22/h10-12,14,18H,4-9,13H2,1-3H3. The summed E-state index contributed by atoms with van der Waals surface area (Å²) in [6.45, 7) is 3.54. The zero-order chi connectivity index (χ0) is 18.1. The molecule has 5 heteroatoms. The van der Waals surface area contributed by atoms with Gasteiger partial charge in [-0.15, -0.1) is 0 Å². The van der Waals surface area contributed by atoms with Gasteiger partial charge in [-0.2, -0.15) is 0 Å². The molecular weight excluding hydrogens is 315 g/mol.